The second-order valence-electron chi connectivity index (χ2n) is 2.59. The number of hydrogen-bond acceptors (Lipinski definition) is 2. The minimum Gasteiger partial charge on any atom is -0.329 e. The summed E-state index contributed by atoms with van der Waals surface area (Å²) in [6, 6.07) is 0.281. The molecule has 48 valence electrons. The average Bonchev–Trinajstić information content (AvgIpc) is 1.62. The Morgan fingerprint density at radius 3 is 2.25 bits per heavy atom. The van der Waals surface area contributed by atoms with Crippen molar-refractivity contribution >= 4 is 0 Å². The molecule has 0 aromatic heterocycles. The monoisotopic (exact) mass is 114 g/mol. The van der Waals surface area contributed by atoms with Gasteiger partial charge in [0.2, 0.25) is 0 Å². The summed E-state index contributed by atoms with van der Waals surface area (Å²) < 4.78 is 0. The second kappa shape index (κ2) is 2.46. The van der Waals surface area contributed by atoms with Crippen LogP contribution in [0.2, 0.25) is 0 Å². The van der Waals surface area contributed by atoms with Crippen molar-refractivity contribution in [3.8, 4) is 0 Å². The second-order valence-corrected chi connectivity index (χ2v) is 2.59. The third kappa shape index (κ3) is 1.01. The zero-order valence-corrected chi connectivity index (χ0v) is 5.14. The van der Waals surface area contributed by atoms with Crippen LogP contribution in [0, 0.1) is 5.92 Å². The average molecular weight is 114 g/mol. The van der Waals surface area contributed by atoms with Gasteiger partial charge in [-0.1, -0.05) is 6.42 Å². The fourth-order valence-electron chi connectivity index (χ4n) is 1.06. The van der Waals surface area contributed by atoms with Gasteiger partial charge in [-0.25, -0.2) is 0 Å². The first-order chi connectivity index (χ1) is 3.84. The molecule has 0 heterocycles. The van der Waals surface area contributed by atoms with Crippen molar-refractivity contribution in [2.45, 2.75) is 25.3 Å². The van der Waals surface area contributed by atoms with Crippen LogP contribution in [0.4, 0.5) is 0 Å². The molecule has 0 amide bonds. The lowest BCUT2D eigenvalue weighted by atomic mass is 9.80. The minimum absolute atomic E-state index is 0.281. The molecule has 1 saturated carbocycles. The first-order valence-corrected chi connectivity index (χ1v) is 3.30. The van der Waals surface area contributed by atoms with E-state index in [1.54, 1.807) is 0 Å². The van der Waals surface area contributed by atoms with Gasteiger partial charge in [0.15, 0.2) is 0 Å². The van der Waals surface area contributed by atoms with Crippen LogP contribution in [0.5, 0.6) is 0 Å². The van der Waals surface area contributed by atoms with E-state index in [4.69, 9.17) is 11.5 Å². The van der Waals surface area contributed by atoms with E-state index < -0.39 is 0 Å². The number of nitrogens with two attached hydrogens (primary N) is 2. The lowest BCUT2D eigenvalue weighted by Crippen LogP contribution is -2.40. The Kier molecular flexibility index (Phi) is 1.86. The van der Waals surface area contributed by atoms with E-state index in [2.05, 4.69) is 0 Å². The molecule has 0 bridgehead atoms. The van der Waals surface area contributed by atoms with Crippen LogP contribution in [-0.4, -0.2) is 12.6 Å². The lowest BCUT2D eigenvalue weighted by molar-refractivity contribution is 0.265. The van der Waals surface area contributed by atoms with Gasteiger partial charge in [0.25, 0.3) is 0 Å². The third-order valence-electron chi connectivity index (χ3n) is 2.03. The van der Waals surface area contributed by atoms with Crippen molar-refractivity contribution in [2.75, 3.05) is 6.54 Å². The van der Waals surface area contributed by atoms with Crippen LogP contribution in [-0.2, 0) is 0 Å². The maximum absolute atomic E-state index is 5.65. The number of hydrogen-bond donors (Lipinski definition) is 2. The molecule has 1 fully saturated rings. The van der Waals surface area contributed by atoms with Gasteiger partial charge in [-0.2, -0.15) is 0 Å². The standard InChI is InChI=1S/C6H14N2/c7-4-6(8)5-2-1-3-5/h5-6H,1-4,7-8H2. The van der Waals surface area contributed by atoms with Crippen LogP contribution < -0.4 is 11.5 Å². The molecule has 8 heavy (non-hydrogen) atoms. The third-order valence-corrected chi connectivity index (χ3v) is 2.03. The largest absolute Gasteiger partial charge is 0.329 e. The highest BCUT2D eigenvalue weighted by Gasteiger charge is 2.22. The SMILES string of the molecule is NCC(N)C1CCC1. The topological polar surface area (TPSA) is 52.0 Å². The fraction of sp³-hybridized carbons (Fsp3) is 1.00. The predicted molar refractivity (Wildman–Crippen MR) is 34.4 cm³/mol. The maximum atomic E-state index is 5.65. The van der Waals surface area contributed by atoms with E-state index in [9.17, 15) is 0 Å². The van der Waals surface area contributed by atoms with Gasteiger partial charge in [0, 0.05) is 12.6 Å². The predicted octanol–water partition coefficient (Wildman–Crippen LogP) is 0.0725. The lowest BCUT2D eigenvalue weighted by Gasteiger charge is -2.30. The van der Waals surface area contributed by atoms with Crippen molar-refractivity contribution in [2.24, 2.45) is 17.4 Å². The van der Waals surface area contributed by atoms with Gasteiger partial charge >= 0.3 is 0 Å². The molecule has 2 heteroatoms. The molecular weight excluding hydrogens is 100 g/mol. The molecule has 1 aliphatic rings. The summed E-state index contributed by atoms with van der Waals surface area (Å²) in [6.45, 7) is 0.657. The van der Waals surface area contributed by atoms with E-state index in [0.29, 0.717) is 6.54 Å². The Morgan fingerprint density at radius 2 is 2.12 bits per heavy atom. The normalized spacial score (nSPS) is 24.8. The van der Waals surface area contributed by atoms with Crippen LogP contribution in [0.3, 0.4) is 0 Å². The van der Waals surface area contributed by atoms with Gasteiger partial charge in [-0.05, 0) is 18.8 Å². The summed E-state index contributed by atoms with van der Waals surface area (Å²) >= 11 is 0. The molecule has 0 aliphatic heterocycles. The Bertz CT molecular complexity index is 66.2. The van der Waals surface area contributed by atoms with Crippen molar-refractivity contribution in [3.63, 3.8) is 0 Å². The first-order valence-electron chi connectivity index (χ1n) is 3.30. The van der Waals surface area contributed by atoms with Crippen LogP contribution in [0.25, 0.3) is 0 Å². The van der Waals surface area contributed by atoms with Crippen molar-refractivity contribution < 1.29 is 0 Å². The Labute approximate surface area is 50.2 Å². The summed E-state index contributed by atoms with van der Waals surface area (Å²) in [5.74, 6) is 0.750. The Balaban J connectivity index is 2.13. The Hall–Kier alpha value is -0.0800. The molecule has 1 aliphatic carbocycles. The highest BCUT2D eigenvalue weighted by molar-refractivity contribution is 4.80. The maximum Gasteiger partial charge on any atom is 0.0191 e. The molecular formula is C6H14N2. The van der Waals surface area contributed by atoms with E-state index in [1.807, 2.05) is 0 Å². The van der Waals surface area contributed by atoms with E-state index >= 15 is 0 Å². The van der Waals surface area contributed by atoms with Gasteiger partial charge < -0.3 is 11.5 Å². The van der Waals surface area contributed by atoms with Crippen molar-refractivity contribution in [3.05, 3.63) is 0 Å². The fourth-order valence-corrected chi connectivity index (χ4v) is 1.06. The quantitative estimate of drug-likeness (QED) is 0.534. The van der Waals surface area contributed by atoms with Crippen LogP contribution >= 0.6 is 0 Å². The first kappa shape index (κ1) is 6.05. The van der Waals surface area contributed by atoms with E-state index in [-0.39, 0.29) is 6.04 Å². The molecule has 1 atom stereocenters. The highest BCUT2D eigenvalue weighted by Crippen LogP contribution is 2.27. The van der Waals surface area contributed by atoms with Gasteiger partial charge in [0.1, 0.15) is 0 Å². The van der Waals surface area contributed by atoms with Crippen molar-refractivity contribution in [1.82, 2.24) is 0 Å². The summed E-state index contributed by atoms with van der Waals surface area (Å²) in [5, 5.41) is 0. The Morgan fingerprint density at radius 1 is 1.50 bits per heavy atom. The van der Waals surface area contributed by atoms with E-state index in [0.717, 1.165) is 5.92 Å². The molecule has 1 rings (SSSR count). The summed E-state index contributed by atoms with van der Waals surface area (Å²) in [5.41, 5.74) is 11.0. The smallest absolute Gasteiger partial charge is 0.0191 e. The zero-order chi connectivity index (χ0) is 5.98. The molecule has 0 saturated heterocycles. The molecule has 0 spiro atoms. The van der Waals surface area contributed by atoms with Crippen molar-refractivity contribution in [1.29, 1.82) is 0 Å². The van der Waals surface area contributed by atoms with Gasteiger partial charge in [-0.3, -0.25) is 0 Å². The molecule has 0 aromatic carbocycles. The van der Waals surface area contributed by atoms with Gasteiger partial charge in [-0.15, -0.1) is 0 Å². The minimum atomic E-state index is 0.281. The molecule has 0 aromatic rings. The molecule has 2 nitrogen and oxygen atoms in total. The summed E-state index contributed by atoms with van der Waals surface area (Å²) in [6.07, 6.45) is 3.97. The van der Waals surface area contributed by atoms with Gasteiger partial charge in [0.05, 0.1) is 0 Å². The number of rotatable bonds is 2. The molecule has 4 N–H and O–H groups in total. The van der Waals surface area contributed by atoms with Crippen LogP contribution in [0.15, 0.2) is 0 Å². The molecule has 1 unspecified atom stereocenters. The highest BCUT2D eigenvalue weighted by atomic mass is 14.7. The zero-order valence-electron chi connectivity index (χ0n) is 5.14. The van der Waals surface area contributed by atoms with Crippen LogP contribution in [0.1, 0.15) is 19.3 Å². The molecule has 0 radical (unpaired) electrons. The summed E-state index contributed by atoms with van der Waals surface area (Å²) in [4.78, 5) is 0. The summed E-state index contributed by atoms with van der Waals surface area (Å²) in [7, 11) is 0. The van der Waals surface area contributed by atoms with E-state index in [1.165, 1.54) is 19.3 Å².